The molecule has 0 saturated heterocycles. The highest BCUT2D eigenvalue weighted by Crippen LogP contribution is 2.64. The molecule has 0 aromatic carbocycles. The zero-order valence-corrected chi connectivity index (χ0v) is 12.3. The van der Waals surface area contributed by atoms with Gasteiger partial charge in [0.2, 0.25) is 0 Å². The smallest absolute Gasteiger partial charge is 0.00390 e. The van der Waals surface area contributed by atoms with Crippen LogP contribution in [0.3, 0.4) is 0 Å². The fraction of sp³-hybridized carbons (Fsp3) is 1.00. The number of nitrogens with two attached hydrogens (primary N) is 1. The standard InChI is InChI=1S/C16H27N.ClH/c17-15-3-1-14(2-4-15)16-8-11-5-12(9-16)7-13(6-11)10-16;/h11-15H,1-10,17H2;1H. The minimum Gasteiger partial charge on any atom is -0.328 e. The lowest BCUT2D eigenvalue weighted by Gasteiger charge is -2.60. The highest BCUT2D eigenvalue weighted by Gasteiger charge is 2.53. The van der Waals surface area contributed by atoms with E-state index >= 15 is 0 Å². The zero-order chi connectivity index (χ0) is 11.5. The summed E-state index contributed by atoms with van der Waals surface area (Å²) in [5, 5.41) is 0. The zero-order valence-electron chi connectivity index (χ0n) is 11.4. The van der Waals surface area contributed by atoms with E-state index in [4.69, 9.17) is 5.73 Å². The van der Waals surface area contributed by atoms with E-state index in [1.165, 1.54) is 25.7 Å². The summed E-state index contributed by atoms with van der Waals surface area (Å²) in [6.45, 7) is 0. The number of hydrogen-bond acceptors (Lipinski definition) is 1. The Balaban J connectivity index is 0.000001000. The third-order valence-electron chi connectivity index (χ3n) is 6.72. The highest BCUT2D eigenvalue weighted by atomic mass is 35.5. The van der Waals surface area contributed by atoms with E-state index in [1.54, 1.807) is 38.5 Å². The molecule has 0 radical (unpaired) electrons. The molecular formula is C16H28ClN. The van der Waals surface area contributed by atoms with Crippen molar-refractivity contribution in [1.82, 2.24) is 0 Å². The highest BCUT2D eigenvalue weighted by molar-refractivity contribution is 5.85. The molecule has 0 aromatic heterocycles. The van der Waals surface area contributed by atoms with Crippen molar-refractivity contribution in [2.45, 2.75) is 70.3 Å². The lowest BCUT2D eigenvalue weighted by atomic mass is 9.45. The largest absolute Gasteiger partial charge is 0.328 e. The molecular weight excluding hydrogens is 242 g/mol. The molecule has 5 saturated carbocycles. The van der Waals surface area contributed by atoms with Gasteiger partial charge in [-0.25, -0.2) is 0 Å². The maximum absolute atomic E-state index is 6.09. The average molecular weight is 270 g/mol. The van der Waals surface area contributed by atoms with Crippen molar-refractivity contribution in [2.75, 3.05) is 0 Å². The van der Waals surface area contributed by atoms with Gasteiger partial charge in [-0.05, 0) is 93.3 Å². The van der Waals surface area contributed by atoms with Crippen LogP contribution >= 0.6 is 12.4 Å². The van der Waals surface area contributed by atoms with Gasteiger partial charge in [-0.1, -0.05) is 0 Å². The number of rotatable bonds is 1. The van der Waals surface area contributed by atoms with Crippen LogP contribution in [0.4, 0.5) is 0 Å². The number of hydrogen-bond donors (Lipinski definition) is 1. The third-order valence-corrected chi connectivity index (χ3v) is 6.72. The van der Waals surface area contributed by atoms with Gasteiger partial charge in [0.25, 0.3) is 0 Å². The summed E-state index contributed by atoms with van der Waals surface area (Å²) in [4.78, 5) is 0. The first-order valence-electron chi connectivity index (χ1n) is 7.99. The minimum absolute atomic E-state index is 0. The van der Waals surface area contributed by atoms with Crippen LogP contribution in [-0.4, -0.2) is 6.04 Å². The van der Waals surface area contributed by atoms with E-state index in [0.29, 0.717) is 6.04 Å². The molecule has 0 heterocycles. The van der Waals surface area contributed by atoms with Gasteiger partial charge in [-0.2, -0.15) is 0 Å². The molecule has 0 atom stereocenters. The van der Waals surface area contributed by atoms with Crippen molar-refractivity contribution in [3.63, 3.8) is 0 Å². The van der Waals surface area contributed by atoms with Gasteiger partial charge in [0.1, 0.15) is 0 Å². The van der Waals surface area contributed by atoms with Crippen LogP contribution in [-0.2, 0) is 0 Å². The van der Waals surface area contributed by atoms with Crippen molar-refractivity contribution in [2.24, 2.45) is 34.8 Å². The Bertz CT molecular complexity index is 271. The second-order valence-electron chi connectivity index (χ2n) is 7.89. The molecule has 5 rings (SSSR count). The van der Waals surface area contributed by atoms with Crippen molar-refractivity contribution < 1.29 is 0 Å². The summed E-state index contributed by atoms with van der Waals surface area (Å²) in [7, 11) is 0. The first-order valence-corrected chi connectivity index (χ1v) is 7.99. The Morgan fingerprint density at radius 3 is 1.61 bits per heavy atom. The molecule has 0 spiro atoms. The van der Waals surface area contributed by atoms with E-state index in [9.17, 15) is 0 Å². The molecule has 0 unspecified atom stereocenters. The Labute approximate surface area is 118 Å². The first kappa shape index (κ1) is 13.2. The lowest BCUT2D eigenvalue weighted by Crippen LogP contribution is -2.50. The van der Waals surface area contributed by atoms with E-state index < -0.39 is 0 Å². The van der Waals surface area contributed by atoms with Crippen LogP contribution < -0.4 is 5.73 Å². The second-order valence-corrected chi connectivity index (χ2v) is 7.89. The van der Waals surface area contributed by atoms with Crippen LogP contribution in [0.5, 0.6) is 0 Å². The second kappa shape index (κ2) is 4.66. The molecule has 5 fully saturated rings. The van der Waals surface area contributed by atoms with Gasteiger partial charge >= 0.3 is 0 Å². The monoisotopic (exact) mass is 269 g/mol. The van der Waals surface area contributed by atoms with Crippen molar-refractivity contribution in [3.05, 3.63) is 0 Å². The topological polar surface area (TPSA) is 26.0 Å². The summed E-state index contributed by atoms with van der Waals surface area (Å²) in [5.41, 5.74) is 6.89. The van der Waals surface area contributed by atoms with E-state index in [-0.39, 0.29) is 12.4 Å². The van der Waals surface area contributed by atoms with Crippen LogP contribution in [0.15, 0.2) is 0 Å². The van der Waals surface area contributed by atoms with Gasteiger partial charge < -0.3 is 5.73 Å². The van der Waals surface area contributed by atoms with Crippen LogP contribution in [0, 0.1) is 29.1 Å². The molecule has 0 aromatic rings. The van der Waals surface area contributed by atoms with Crippen molar-refractivity contribution in [1.29, 1.82) is 0 Å². The maximum Gasteiger partial charge on any atom is 0.00390 e. The fourth-order valence-electron chi connectivity index (χ4n) is 6.41. The molecule has 4 bridgehead atoms. The molecule has 2 N–H and O–H groups in total. The van der Waals surface area contributed by atoms with Crippen LogP contribution in [0.25, 0.3) is 0 Å². The lowest BCUT2D eigenvalue weighted by molar-refractivity contribution is -0.0956. The molecule has 5 aliphatic carbocycles. The summed E-state index contributed by atoms with van der Waals surface area (Å²) in [6, 6.07) is 0.528. The predicted octanol–water partition coefficient (Wildman–Crippen LogP) is 4.14. The van der Waals surface area contributed by atoms with Crippen LogP contribution in [0.2, 0.25) is 0 Å². The Morgan fingerprint density at radius 1 is 0.722 bits per heavy atom. The van der Waals surface area contributed by atoms with Gasteiger partial charge in [0.05, 0.1) is 0 Å². The van der Waals surface area contributed by atoms with Gasteiger partial charge in [0.15, 0.2) is 0 Å². The average Bonchev–Trinajstić information content (AvgIpc) is 2.27. The van der Waals surface area contributed by atoms with E-state index in [1.807, 2.05) is 0 Å². The van der Waals surface area contributed by atoms with Crippen LogP contribution in [0.1, 0.15) is 64.2 Å². The molecule has 104 valence electrons. The normalized spacial score (nSPS) is 54.2. The summed E-state index contributed by atoms with van der Waals surface area (Å²) >= 11 is 0. The summed E-state index contributed by atoms with van der Waals surface area (Å²) in [5.74, 6) is 4.42. The SMILES string of the molecule is Cl.NC1CCC(C23CC4CC(CC(C4)C2)C3)CC1. The molecule has 18 heavy (non-hydrogen) atoms. The molecule has 2 heteroatoms. The first-order chi connectivity index (χ1) is 8.23. The van der Waals surface area contributed by atoms with Gasteiger partial charge in [-0.3, -0.25) is 0 Å². The summed E-state index contributed by atoms with van der Waals surface area (Å²) < 4.78 is 0. The summed E-state index contributed by atoms with van der Waals surface area (Å²) in [6.07, 6.45) is 15.1. The quantitative estimate of drug-likeness (QED) is 0.761. The predicted molar refractivity (Wildman–Crippen MR) is 77.8 cm³/mol. The van der Waals surface area contributed by atoms with Crippen molar-refractivity contribution in [3.8, 4) is 0 Å². The minimum atomic E-state index is 0. The van der Waals surface area contributed by atoms with Gasteiger partial charge in [0, 0.05) is 6.04 Å². The van der Waals surface area contributed by atoms with E-state index in [0.717, 1.165) is 29.1 Å². The molecule has 0 amide bonds. The number of halogens is 1. The maximum atomic E-state index is 6.09. The van der Waals surface area contributed by atoms with Gasteiger partial charge in [-0.15, -0.1) is 12.4 Å². The van der Waals surface area contributed by atoms with Crippen molar-refractivity contribution >= 4 is 12.4 Å². The fourth-order valence-corrected chi connectivity index (χ4v) is 6.41. The Morgan fingerprint density at radius 2 is 1.17 bits per heavy atom. The van der Waals surface area contributed by atoms with E-state index in [2.05, 4.69) is 0 Å². The third kappa shape index (κ3) is 2.02. The Hall–Kier alpha value is 0.250. The molecule has 5 aliphatic rings. The Kier molecular flexibility index (Phi) is 3.43. The molecule has 1 nitrogen and oxygen atoms in total. The molecule has 0 aliphatic heterocycles.